The first-order valence-corrected chi connectivity index (χ1v) is 16.6. The molecule has 232 valence electrons. The van der Waals surface area contributed by atoms with Gasteiger partial charge in [-0.25, -0.2) is 23.5 Å². The Labute approximate surface area is 253 Å². The molecule has 1 aromatic heterocycles. The molecule has 42 heavy (non-hydrogen) atoms. The summed E-state index contributed by atoms with van der Waals surface area (Å²) in [7, 11) is -3.60. The maximum atomic E-state index is 12.6. The molecule has 0 radical (unpaired) electrons. The van der Waals surface area contributed by atoms with Crippen molar-refractivity contribution in [3.05, 3.63) is 46.2 Å². The molecule has 2 aliphatic rings. The Balaban J connectivity index is 1.35. The number of carbonyl (C=O) groups is 1. The summed E-state index contributed by atoms with van der Waals surface area (Å²) < 4.78 is 22.2. The highest BCUT2D eigenvalue weighted by Crippen LogP contribution is 2.31. The number of nitrogens with zero attached hydrogens (tertiary/aromatic N) is 5. The van der Waals surface area contributed by atoms with E-state index in [1.165, 1.54) is 5.56 Å². The molecule has 2 atom stereocenters. The number of primary sulfonamides is 1. The van der Waals surface area contributed by atoms with Crippen LogP contribution in [-0.4, -0.2) is 103 Å². The predicted octanol–water partition coefficient (Wildman–Crippen LogP) is 1.53. The smallest absolute Gasteiger partial charge is 0.273 e. The fraction of sp³-hybridized carbons (Fsp3) is 0.607. The van der Waals surface area contributed by atoms with E-state index in [1.54, 1.807) is 0 Å². The van der Waals surface area contributed by atoms with E-state index in [9.17, 15) is 18.3 Å². The third kappa shape index (κ3) is 8.08. The Morgan fingerprint density at radius 1 is 1.17 bits per heavy atom. The molecule has 12 nitrogen and oxygen atoms in total. The molecule has 4 rings (SSSR count). The number of amides is 1. The topological polar surface area (TPSA) is 171 Å². The second-order valence-corrected chi connectivity index (χ2v) is 13.3. The molecule has 0 aliphatic carbocycles. The number of likely N-dealkylation sites (tertiary alicyclic amines) is 1. The molecule has 0 unspecified atom stereocenters. The lowest BCUT2D eigenvalue weighted by Crippen LogP contribution is -2.58. The average Bonchev–Trinajstić information content (AvgIpc) is 2.97. The lowest BCUT2D eigenvalue weighted by atomic mass is 9.95. The predicted molar refractivity (Wildman–Crippen MR) is 165 cm³/mol. The number of hydrogen-bond acceptors (Lipinski definition) is 10. The molecule has 14 heteroatoms. The minimum Gasteiger partial charge on any atom is -0.394 e. The van der Waals surface area contributed by atoms with Crippen LogP contribution in [0.2, 0.25) is 5.15 Å². The molecule has 0 bridgehead atoms. The molecule has 6 N–H and O–H groups in total. The van der Waals surface area contributed by atoms with Gasteiger partial charge in [-0.15, -0.1) is 0 Å². The van der Waals surface area contributed by atoms with Crippen LogP contribution in [0, 0.1) is 6.92 Å². The van der Waals surface area contributed by atoms with Crippen LogP contribution >= 0.6 is 11.6 Å². The largest absolute Gasteiger partial charge is 0.394 e. The maximum Gasteiger partial charge on any atom is 0.273 e. The zero-order valence-corrected chi connectivity index (χ0v) is 25.9. The molecule has 2 aliphatic heterocycles. The highest BCUT2D eigenvalue weighted by molar-refractivity contribution is 7.89. The van der Waals surface area contributed by atoms with Gasteiger partial charge in [-0.1, -0.05) is 48.4 Å². The van der Waals surface area contributed by atoms with Crippen molar-refractivity contribution in [1.82, 2.24) is 25.1 Å². The van der Waals surface area contributed by atoms with Gasteiger partial charge in [-0.3, -0.25) is 14.6 Å². The Hall–Kier alpha value is -2.55. The molecule has 1 amide bonds. The Bertz CT molecular complexity index is 1320. The molecule has 0 spiro atoms. The highest BCUT2D eigenvalue weighted by atomic mass is 35.5. The molecule has 2 saturated heterocycles. The van der Waals surface area contributed by atoms with Crippen molar-refractivity contribution in [2.45, 2.75) is 57.7 Å². The van der Waals surface area contributed by atoms with Crippen LogP contribution in [0.4, 0.5) is 11.6 Å². The molecular weight excluding hydrogens is 580 g/mol. The SMILES string of the molecule is CC[C@H]1CN(c2nc(N)c(C(=O)NCCCS(N)(=O)=O)nc2Cl)CCN1C1CCN([C@@H](CO)c2ccc(C)cc2)CC1. The summed E-state index contributed by atoms with van der Waals surface area (Å²) in [5.74, 6) is -0.393. The summed E-state index contributed by atoms with van der Waals surface area (Å²) >= 11 is 6.51. The van der Waals surface area contributed by atoms with E-state index in [-0.39, 0.29) is 48.0 Å². The number of hydrogen-bond donors (Lipinski definition) is 4. The number of piperazine rings is 1. The number of halogens is 1. The van der Waals surface area contributed by atoms with Gasteiger partial charge >= 0.3 is 0 Å². The van der Waals surface area contributed by atoms with Crippen molar-refractivity contribution in [2.24, 2.45) is 5.14 Å². The van der Waals surface area contributed by atoms with Crippen molar-refractivity contribution in [1.29, 1.82) is 0 Å². The van der Waals surface area contributed by atoms with Crippen LogP contribution < -0.4 is 21.1 Å². The second kappa shape index (κ2) is 14.3. The summed E-state index contributed by atoms with van der Waals surface area (Å²) in [4.78, 5) is 28.3. The second-order valence-electron chi connectivity index (χ2n) is 11.2. The van der Waals surface area contributed by atoms with Crippen LogP contribution in [0.25, 0.3) is 0 Å². The number of sulfonamides is 1. The Morgan fingerprint density at radius 2 is 1.86 bits per heavy atom. The van der Waals surface area contributed by atoms with Gasteiger partial charge in [0.25, 0.3) is 5.91 Å². The van der Waals surface area contributed by atoms with E-state index in [0.717, 1.165) is 44.5 Å². The number of carbonyl (C=O) groups excluding carboxylic acids is 1. The van der Waals surface area contributed by atoms with Crippen LogP contribution in [0.3, 0.4) is 0 Å². The summed E-state index contributed by atoms with van der Waals surface area (Å²) in [5.41, 5.74) is 8.39. The summed E-state index contributed by atoms with van der Waals surface area (Å²) in [6.07, 6.45) is 3.19. The van der Waals surface area contributed by atoms with E-state index in [1.807, 2.05) is 0 Å². The number of aryl methyl sites for hydroxylation is 1. The van der Waals surface area contributed by atoms with E-state index in [2.05, 4.69) is 68.1 Å². The number of anilines is 2. The fourth-order valence-electron chi connectivity index (χ4n) is 6.00. The van der Waals surface area contributed by atoms with Gasteiger partial charge in [0, 0.05) is 51.4 Å². The minimum atomic E-state index is -3.60. The first-order chi connectivity index (χ1) is 20.0. The highest BCUT2D eigenvalue weighted by Gasteiger charge is 2.35. The van der Waals surface area contributed by atoms with Crippen LogP contribution in [0.15, 0.2) is 24.3 Å². The van der Waals surface area contributed by atoms with Crippen molar-refractivity contribution in [3.8, 4) is 0 Å². The third-order valence-electron chi connectivity index (χ3n) is 8.31. The Kier molecular flexibility index (Phi) is 11.0. The molecule has 2 fully saturated rings. The van der Waals surface area contributed by atoms with E-state index in [0.29, 0.717) is 31.0 Å². The van der Waals surface area contributed by atoms with Gasteiger partial charge in [0.05, 0.1) is 18.4 Å². The quantitative estimate of drug-likeness (QED) is 0.269. The number of aliphatic hydroxyl groups excluding tert-OH is 1. The van der Waals surface area contributed by atoms with Gasteiger partial charge in [0.1, 0.15) is 0 Å². The van der Waals surface area contributed by atoms with Crippen LogP contribution in [-0.2, 0) is 10.0 Å². The Morgan fingerprint density at radius 3 is 2.48 bits per heavy atom. The minimum absolute atomic E-state index is 0.0173. The van der Waals surface area contributed by atoms with E-state index < -0.39 is 15.9 Å². The van der Waals surface area contributed by atoms with E-state index in [4.69, 9.17) is 22.5 Å². The van der Waals surface area contributed by atoms with Gasteiger partial charge in [-0.2, -0.15) is 0 Å². The molecule has 1 aromatic carbocycles. The average molecular weight is 623 g/mol. The number of nitrogen functional groups attached to an aromatic ring is 1. The number of benzene rings is 1. The first-order valence-electron chi connectivity index (χ1n) is 14.5. The summed E-state index contributed by atoms with van der Waals surface area (Å²) in [6, 6.07) is 9.20. The zero-order valence-electron chi connectivity index (χ0n) is 24.4. The monoisotopic (exact) mass is 622 g/mol. The maximum absolute atomic E-state index is 12.6. The zero-order chi connectivity index (χ0) is 30.4. The van der Waals surface area contributed by atoms with Crippen molar-refractivity contribution >= 4 is 39.2 Å². The number of nitrogens with one attached hydrogen (secondary N) is 1. The summed E-state index contributed by atoms with van der Waals surface area (Å²) in [5, 5.41) is 17.8. The van der Waals surface area contributed by atoms with Crippen LogP contribution in [0.1, 0.15) is 60.3 Å². The number of rotatable bonds is 11. The van der Waals surface area contributed by atoms with Gasteiger partial charge < -0.3 is 21.1 Å². The van der Waals surface area contributed by atoms with Gasteiger partial charge in [-0.05, 0) is 38.2 Å². The number of aromatic nitrogens is 2. The molecule has 0 saturated carbocycles. The molecule has 3 heterocycles. The molecule has 2 aromatic rings. The van der Waals surface area contributed by atoms with Gasteiger partial charge in [0.15, 0.2) is 22.5 Å². The van der Waals surface area contributed by atoms with E-state index >= 15 is 0 Å². The number of piperidine rings is 1. The number of nitrogens with two attached hydrogens (primary N) is 2. The van der Waals surface area contributed by atoms with Crippen molar-refractivity contribution in [3.63, 3.8) is 0 Å². The lowest BCUT2D eigenvalue weighted by molar-refractivity contribution is 0.0356. The van der Waals surface area contributed by atoms with Gasteiger partial charge in [0.2, 0.25) is 10.0 Å². The normalized spacial score (nSPS) is 20.0. The summed E-state index contributed by atoms with van der Waals surface area (Å²) in [6.45, 7) is 8.57. The van der Waals surface area contributed by atoms with Crippen LogP contribution in [0.5, 0.6) is 0 Å². The first kappa shape index (κ1) is 32.4. The number of aliphatic hydroxyl groups is 1. The molecular formula is C28H43ClN8O4S. The van der Waals surface area contributed by atoms with Crippen molar-refractivity contribution < 1.29 is 18.3 Å². The fourth-order valence-corrected chi connectivity index (χ4v) is 6.79. The third-order valence-corrected chi connectivity index (χ3v) is 9.42. The standard InChI is InChI=1S/C28H43ClN8O4S/c1-3-21-17-36(27-25(29)33-24(26(30)34-27)28(39)32-11-4-16-42(31,40)41)14-15-37(21)22-9-12-35(13-10-22)23(18-38)20-7-5-19(2)6-8-20/h5-8,21-23,38H,3-4,9-18H2,1-2H3,(H2,30,34)(H,32,39)(H2,31,40,41)/t21-,23-/m0/s1. The lowest BCUT2D eigenvalue weighted by Gasteiger charge is -2.48. The van der Waals surface area contributed by atoms with Crippen molar-refractivity contribution in [2.75, 3.05) is 62.3 Å².